The van der Waals surface area contributed by atoms with Gasteiger partial charge in [-0.25, -0.2) is 4.98 Å². The van der Waals surface area contributed by atoms with Crippen molar-refractivity contribution in [2.24, 2.45) is 0 Å². The van der Waals surface area contributed by atoms with Gasteiger partial charge in [0.15, 0.2) is 0 Å². The average molecular weight is 412 g/mol. The first-order chi connectivity index (χ1) is 14.1. The highest BCUT2D eigenvalue weighted by Gasteiger charge is 2.24. The van der Waals surface area contributed by atoms with Gasteiger partial charge in [-0.1, -0.05) is 6.07 Å². The molecule has 2 aromatic carbocycles. The number of halogens is 1. The maximum atomic E-state index is 13.2. The van der Waals surface area contributed by atoms with Crippen LogP contribution in [0.3, 0.4) is 0 Å². The van der Waals surface area contributed by atoms with Gasteiger partial charge in [-0.2, -0.15) is 0 Å². The Kier molecular flexibility index (Phi) is 5.53. The van der Waals surface area contributed by atoms with E-state index in [0.29, 0.717) is 40.4 Å². The quantitative estimate of drug-likeness (QED) is 0.476. The number of rotatable bonds is 7. The number of aryl methyl sites for hydroxylation is 1. The van der Waals surface area contributed by atoms with Crippen molar-refractivity contribution in [3.63, 3.8) is 0 Å². The lowest BCUT2D eigenvalue weighted by Gasteiger charge is -2.12. The van der Waals surface area contributed by atoms with E-state index in [2.05, 4.69) is 10.3 Å². The van der Waals surface area contributed by atoms with E-state index in [0.717, 1.165) is 24.8 Å². The first-order valence-corrected chi connectivity index (χ1v) is 10.2. The Labute approximate surface area is 173 Å². The number of benzene rings is 2. The molecule has 1 fully saturated rings. The van der Waals surface area contributed by atoms with Crippen molar-refractivity contribution in [1.82, 2.24) is 14.9 Å². The number of aromatic nitrogens is 2. The third-order valence-electron chi connectivity index (χ3n) is 4.92. The predicted octanol–water partition coefficient (Wildman–Crippen LogP) is 3.59. The molecule has 1 heterocycles. The smallest absolute Gasteiger partial charge is 0.265 e. The number of hydrogen-bond donors (Lipinski definition) is 1. The monoisotopic (exact) mass is 411 g/mol. The molecular weight excluding hydrogens is 390 g/mol. The normalized spacial score (nSPS) is 13.4. The summed E-state index contributed by atoms with van der Waals surface area (Å²) >= 11 is 5.69. The zero-order valence-electron chi connectivity index (χ0n) is 16.2. The minimum absolute atomic E-state index is 0.120. The predicted molar refractivity (Wildman–Crippen MR) is 113 cm³/mol. The zero-order valence-corrected chi connectivity index (χ0v) is 16.9. The molecule has 1 aromatic heterocycles. The van der Waals surface area contributed by atoms with E-state index in [1.54, 1.807) is 30.3 Å². The summed E-state index contributed by atoms with van der Waals surface area (Å²) in [6.45, 7) is 2.39. The summed E-state index contributed by atoms with van der Waals surface area (Å²) in [4.78, 5) is 30.0. The molecule has 0 radical (unpaired) electrons. The Balaban J connectivity index is 1.72. The molecule has 0 saturated heterocycles. The molecule has 1 N–H and O–H groups in total. The first kappa shape index (κ1) is 19.5. The molecule has 1 aliphatic rings. The third-order valence-corrected chi connectivity index (χ3v) is 5.19. The second-order valence-corrected chi connectivity index (χ2v) is 7.62. The number of ether oxygens (including phenoxy) is 1. The summed E-state index contributed by atoms with van der Waals surface area (Å²) in [6.07, 6.45) is 4.27. The van der Waals surface area contributed by atoms with Crippen molar-refractivity contribution in [3.05, 3.63) is 64.2 Å². The van der Waals surface area contributed by atoms with Crippen molar-refractivity contribution in [1.29, 1.82) is 0 Å². The van der Waals surface area contributed by atoms with Gasteiger partial charge in [-0.15, -0.1) is 11.6 Å². The second-order valence-electron chi connectivity index (χ2n) is 7.24. The summed E-state index contributed by atoms with van der Waals surface area (Å²) in [7, 11) is 0. The molecule has 0 atom stereocenters. The molecule has 1 saturated carbocycles. The molecule has 7 heteroatoms. The van der Waals surface area contributed by atoms with Gasteiger partial charge >= 0.3 is 0 Å². The van der Waals surface area contributed by atoms with E-state index in [1.807, 2.05) is 13.0 Å². The molecule has 0 bridgehead atoms. The fourth-order valence-corrected chi connectivity index (χ4v) is 3.22. The van der Waals surface area contributed by atoms with Gasteiger partial charge in [0.05, 0.1) is 23.2 Å². The van der Waals surface area contributed by atoms with Gasteiger partial charge < -0.3 is 10.1 Å². The Morgan fingerprint density at radius 2 is 2.10 bits per heavy atom. The van der Waals surface area contributed by atoms with Crippen LogP contribution in [0.2, 0.25) is 0 Å². The van der Waals surface area contributed by atoms with Gasteiger partial charge in [0, 0.05) is 17.5 Å². The van der Waals surface area contributed by atoms with Gasteiger partial charge in [0.2, 0.25) is 0 Å². The zero-order chi connectivity index (χ0) is 20.4. The van der Waals surface area contributed by atoms with Crippen LogP contribution in [-0.2, 0) is 0 Å². The van der Waals surface area contributed by atoms with Gasteiger partial charge in [0.1, 0.15) is 12.1 Å². The number of fused-ring (bicyclic) bond motifs is 1. The largest absolute Gasteiger partial charge is 0.494 e. The number of carbonyl (C=O) groups is 1. The van der Waals surface area contributed by atoms with Crippen molar-refractivity contribution in [3.8, 4) is 11.4 Å². The van der Waals surface area contributed by atoms with Crippen LogP contribution in [0.15, 0.2) is 47.5 Å². The number of alkyl halides is 1. The molecule has 0 unspecified atom stereocenters. The molecule has 6 nitrogen and oxygen atoms in total. The molecule has 1 aliphatic carbocycles. The lowest BCUT2D eigenvalue weighted by Crippen LogP contribution is -2.26. The molecule has 0 aliphatic heterocycles. The molecule has 3 aromatic rings. The number of carbonyl (C=O) groups excluding carboxylic acids is 1. The Hall–Kier alpha value is -2.86. The molecule has 1 amide bonds. The minimum Gasteiger partial charge on any atom is -0.494 e. The Morgan fingerprint density at radius 1 is 1.28 bits per heavy atom. The van der Waals surface area contributed by atoms with E-state index in [9.17, 15) is 9.59 Å². The number of amides is 1. The fraction of sp³-hybridized carbons (Fsp3) is 0.318. The second kappa shape index (κ2) is 8.25. The van der Waals surface area contributed by atoms with Crippen LogP contribution in [0.1, 0.15) is 35.2 Å². The van der Waals surface area contributed by atoms with Crippen LogP contribution < -0.4 is 15.6 Å². The topological polar surface area (TPSA) is 73.2 Å². The average Bonchev–Trinajstić information content (AvgIpc) is 3.53. The molecule has 0 spiro atoms. The van der Waals surface area contributed by atoms with E-state index < -0.39 is 0 Å². The molecule has 4 rings (SSSR count). The summed E-state index contributed by atoms with van der Waals surface area (Å²) < 4.78 is 7.14. The van der Waals surface area contributed by atoms with E-state index in [4.69, 9.17) is 16.3 Å². The highest BCUT2D eigenvalue weighted by atomic mass is 35.5. The van der Waals surface area contributed by atoms with E-state index >= 15 is 0 Å². The summed E-state index contributed by atoms with van der Waals surface area (Å²) in [6, 6.07) is 10.9. The number of hydrogen-bond acceptors (Lipinski definition) is 4. The standard InChI is InChI=1S/C22H22ClN3O3/c1-14-3-4-15(21(27)25-16-5-6-16)11-20(14)26-13-24-19-8-7-17(29-10-2-9-23)12-18(19)22(26)28/h3-4,7-8,11-13,16H,2,5-6,9-10H2,1H3,(H,25,27). The Morgan fingerprint density at radius 3 is 2.86 bits per heavy atom. The van der Waals surface area contributed by atoms with Crippen LogP contribution in [0.4, 0.5) is 0 Å². The number of nitrogens with zero attached hydrogens (tertiary/aromatic N) is 2. The van der Waals surface area contributed by atoms with Gasteiger partial charge in [0.25, 0.3) is 11.5 Å². The van der Waals surface area contributed by atoms with Crippen molar-refractivity contribution in [2.75, 3.05) is 12.5 Å². The first-order valence-electron chi connectivity index (χ1n) is 9.69. The molecular formula is C22H22ClN3O3. The van der Waals surface area contributed by atoms with Gasteiger partial charge in [-0.05, 0) is 62.1 Å². The lowest BCUT2D eigenvalue weighted by atomic mass is 10.1. The van der Waals surface area contributed by atoms with Crippen LogP contribution in [0.25, 0.3) is 16.6 Å². The van der Waals surface area contributed by atoms with E-state index in [1.165, 1.54) is 10.9 Å². The fourth-order valence-electron chi connectivity index (χ4n) is 3.11. The minimum atomic E-state index is -0.208. The van der Waals surface area contributed by atoms with Gasteiger partial charge in [-0.3, -0.25) is 14.2 Å². The maximum Gasteiger partial charge on any atom is 0.265 e. The SMILES string of the molecule is Cc1ccc(C(=O)NC2CC2)cc1-n1cnc2ccc(OCCCCl)cc2c1=O. The van der Waals surface area contributed by atoms with Crippen molar-refractivity contribution >= 4 is 28.4 Å². The third kappa shape index (κ3) is 4.27. The summed E-state index contributed by atoms with van der Waals surface area (Å²) in [5, 5.41) is 3.44. The van der Waals surface area contributed by atoms with Crippen LogP contribution in [0, 0.1) is 6.92 Å². The lowest BCUT2D eigenvalue weighted by molar-refractivity contribution is 0.0951. The van der Waals surface area contributed by atoms with E-state index in [-0.39, 0.29) is 17.5 Å². The maximum absolute atomic E-state index is 13.2. The van der Waals surface area contributed by atoms with Crippen LogP contribution in [0.5, 0.6) is 5.75 Å². The Bertz CT molecular complexity index is 1120. The highest BCUT2D eigenvalue weighted by molar-refractivity contribution is 6.17. The highest BCUT2D eigenvalue weighted by Crippen LogP contribution is 2.22. The molecule has 150 valence electrons. The van der Waals surface area contributed by atoms with Crippen molar-refractivity contribution < 1.29 is 9.53 Å². The number of nitrogens with one attached hydrogen (secondary N) is 1. The summed E-state index contributed by atoms with van der Waals surface area (Å²) in [5.41, 5.74) is 2.44. The molecule has 29 heavy (non-hydrogen) atoms. The summed E-state index contributed by atoms with van der Waals surface area (Å²) in [5.74, 6) is 1.00. The van der Waals surface area contributed by atoms with Crippen LogP contribution >= 0.6 is 11.6 Å². The van der Waals surface area contributed by atoms with Crippen molar-refractivity contribution in [2.45, 2.75) is 32.2 Å². The van der Waals surface area contributed by atoms with Crippen LogP contribution in [-0.4, -0.2) is 34.0 Å².